The van der Waals surface area contributed by atoms with E-state index in [2.05, 4.69) is 54.5 Å². The van der Waals surface area contributed by atoms with E-state index in [0.717, 1.165) is 16.6 Å². The first-order valence-electron chi connectivity index (χ1n) is 7.43. The van der Waals surface area contributed by atoms with Gasteiger partial charge in [0, 0.05) is 10.6 Å². The highest BCUT2D eigenvalue weighted by molar-refractivity contribution is 7.10. The largest absolute Gasteiger partial charge is 0.297 e. The lowest BCUT2D eigenvalue weighted by molar-refractivity contribution is 0.848. The number of halogens is 1. The maximum absolute atomic E-state index is 6.39. The average Bonchev–Trinajstić information content (AvgIpc) is 2.90. The fraction of sp³-hybridized carbons (Fsp3) is 0.412. The number of nitrogens with zero attached hydrogens (tertiary/aromatic N) is 3. The first-order valence-corrected chi connectivity index (χ1v) is 8.68. The summed E-state index contributed by atoms with van der Waals surface area (Å²) in [5, 5.41) is 3.76. The summed E-state index contributed by atoms with van der Waals surface area (Å²) in [4.78, 5) is 10.3. The third-order valence-corrected chi connectivity index (χ3v) is 5.43. The highest BCUT2D eigenvalue weighted by Gasteiger charge is 2.22. The second kappa shape index (κ2) is 5.36. The Bertz CT molecular complexity index is 874. The van der Waals surface area contributed by atoms with Gasteiger partial charge in [-0.05, 0) is 50.1 Å². The van der Waals surface area contributed by atoms with Gasteiger partial charge in [-0.1, -0.05) is 25.4 Å². The Kier molecular flexibility index (Phi) is 3.77. The quantitative estimate of drug-likeness (QED) is 0.580. The molecular formula is C17H20ClN3S. The number of aromatic nitrogens is 3. The lowest BCUT2D eigenvalue weighted by Crippen LogP contribution is -2.03. The first kappa shape index (κ1) is 15.5. The van der Waals surface area contributed by atoms with Gasteiger partial charge in [0.2, 0.25) is 0 Å². The molecule has 3 nitrogen and oxygen atoms in total. The van der Waals surface area contributed by atoms with Gasteiger partial charge in [0.15, 0.2) is 0 Å². The van der Waals surface area contributed by atoms with Crippen molar-refractivity contribution in [3.8, 4) is 5.69 Å². The van der Waals surface area contributed by atoms with Gasteiger partial charge in [0.25, 0.3) is 0 Å². The third-order valence-electron chi connectivity index (χ3n) is 4.24. The van der Waals surface area contributed by atoms with Gasteiger partial charge < -0.3 is 0 Å². The van der Waals surface area contributed by atoms with Crippen LogP contribution in [0.1, 0.15) is 47.3 Å². The van der Waals surface area contributed by atoms with Gasteiger partial charge >= 0.3 is 0 Å². The molecule has 0 aromatic carbocycles. The second-order valence-electron chi connectivity index (χ2n) is 6.06. The summed E-state index contributed by atoms with van der Waals surface area (Å²) in [6, 6.07) is 0. The molecule has 0 aliphatic rings. The van der Waals surface area contributed by atoms with Crippen LogP contribution in [0.5, 0.6) is 0 Å². The lowest BCUT2D eigenvalue weighted by Gasteiger charge is -2.13. The molecule has 0 spiro atoms. The SMILES string of the molecule is Cc1nc(Cl)c2c(C)c(C)n(-c3c(C(C)C)csc3C)c2n1. The van der Waals surface area contributed by atoms with Crippen LogP contribution < -0.4 is 0 Å². The van der Waals surface area contributed by atoms with Gasteiger partial charge in [-0.2, -0.15) is 0 Å². The van der Waals surface area contributed by atoms with Crippen molar-refractivity contribution < 1.29 is 0 Å². The molecule has 0 aliphatic carbocycles. The fourth-order valence-electron chi connectivity index (χ4n) is 2.95. The number of fused-ring (bicyclic) bond motifs is 1. The van der Waals surface area contributed by atoms with Crippen molar-refractivity contribution in [2.24, 2.45) is 0 Å². The number of rotatable bonds is 2. The van der Waals surface area contributed by atoms with E-state index < -0.39 is 0 Å². The second-order valence-corrected chi connectivity index (χ2v) is 7.50. The zero-order chi connectivity index (χ0) is 16.2. The Morgan fingerprint density at radius 2 is 1.82 bits per heavy atom. The van der Waals surface area contributed by atoms with E-state index in [1.165, 1.54) is 21.8 Å². The number of hydrogen-bond donors (Lipinski definition) is 0. The minimum Gasteiger partial charge on any atom is -0.297 e. The smallest absolute Gasteiger partial charge is 0.150 e. The Balaban J connectivity index is 2.47. The van der Waals surface area contributed by atoms with E-state index in [1.54, 1.807) is 11.3 Å². The van der Waals surface area contributed by atoms with Crippen LogP contribution in [0.2, 0.25) is 5.15 Å². The lowest BCUT2D eigenvalue weighted by atomic mass is 10.0. The molecule has 0 amide bonds. The monoisotopic (exact) mass is 333 g/mol. The van der Waals surface area contributed by atoms with Crippen molar-refractivity contribution in [2.45, 2.75) is 47.5 Å². The zero-order valence-electron chi connectivity index (χ0n) is 13.8. The molecule has 0 saturated carbocycles. The summed E-state index contributed by atoms with van der Waals surface area (Å²) in [7, 11) is 0. The zero-order valence-corrected chi connectivity index (χ0v) is 15.4. The van der Waals surface area contributed by atoms with Crippen LogP contribution in [0.25, 0.3) is 16.7 Å². The van der Waals surface area contributed by atoms with Crippen molar-refractivity contribution in [3.05, 3.63) is 38.1 Å². The van der Waals surface area contributed by atoms with Gasteiger partial charge in [-0.25, -0.2) is 9.97 Å². The van der Waals surface area contributed by atoms with E-state index in [1.807, 2.05) is 6.92 Å². The molecule has 0 atom stereocenters. The summed E-state index contributed by atoms with van der Waals surface area (Å²) in [5.41, 5.74) is 5.86. The van der Waals surface area contributed by atoms with Crippen LogP contribution in [-0.4, -0.2) is 14.5 Å². The minimum atomic E-state index is 0.468. The molecule has 5 heteroatoms. The van der Waals surface area contributed by atoms with Crippen LogP contribution in [0, 0.1) is 27.7 Å². The number of hydrogen-bond acceptors (Lipinski definition) is 3. The maximum atomic E-state index is 6.39. The van der Waals surface area contributed by atoms with E-state index in [0.29, 0.717) is 16.9 Å². The van der Waals surface area contributed by atoms with Crippen LogP contribution in [0.4, 0.5) is 0 Å². The molecule has 0 radical (unpaired) electrons. The molecule has 22 heavy (non-hydrogen) atoms. The molecule has 0 aliphatic heterocycles. The summed E-state index contributed by atoms with van der Waals surface area (Å²) in [6.07, 6.45) is 0. The van der Waals surface area contributed by atoms with E-state index >= 15 is 0 Å². The van der Waals surface area contributed by atoms with Gasteiger partial charge in [0.1, 0.15) is 16.6 Å². The third kappa shape index (κ3) is 2.17. The topological polar surface area (TPSA) is 30.7 Å². The normalized spacial score (nSPS) is 11.8. The summed E-state index contributed by atoms with van der Waals surface area (Å²) < 4.78 is 2.26. The molecule has 0 N–H and O–H groups in total. The highest BCUT2D eigenvalue weighted by atomic mass is 35.5. The highest BCUT2D eigenvalue weighted by Crippen LogP contribution is 2.37. The summed E-state index contributed by atoms with van der Waals surface area (Å²) >= 11 is 8.19. The van der Waals surface area contributed by atoms with Gasteiger partial charge in [0.05, 0.1) is 11.1 Å². The number of thiophene rings is 1. The Labute approximate surface area is 140 Å². The van der Waals surface area contributed by atoms with E-state index in [4.69, 9.17) is 11.6 Å². The average molecular weight is 334 g/mol. The van der Waals surface area contributed by atoms with Crippen molar-refractivity contribution in [2.75, 3.05) is 0 Å². The van der Waals surface area contributed by atoms with Crippen LogP contribution >= 0.6 is 22.9 Å². The minimum absolute atomic E-state index is 0.468. The standard InChI is InChI=1S/C17H20ClN3S/c1-8(2)13-7-22-11(5)15(13)21-10(4)9(3)14-16(18)19-12(6)20-17(14)21/h7-8H,1-6H3. The Morgan fingerprint density at radius 1 is 1.14 bits per heavy atom. The van der Waals surface area contributed by atoms with Crippen LogP contribution in [0.3, 0.4) is 0 Å². The van der Waals surface area contributed by atoms with Crippen molar-refractivity contribution in [1.82, 2.24) is 14.5 Å². The van der Waals surface area contributed by atoms with E-state index in [-0.39, 0.29) is 0 Å². The Hall–Kier alpha value is -1.39. The molecule has 3 aromatic rings. The van der Waals surface area contributed by atoms with Crippen molar-refractivity contribution in [1.29, 1.82) is 0 Å². The molecule has 116 valence electrons. The summed E-state index contributed by atoms with van der Waals surface area (Å²) in [6.45, 7) is 12.7. The van der Waals surface area contributed by atoms with Crippen LogP contribution in [0.15, 0.2) is 5.38 Å². The molecule has 0 bridgehead atoms. The van der Waals surface area contributed by atoms with Crippen LogP contribution in [-0.2, 0) is 0 Å². The molecule has 0 fully saturated rings. The molecule has 3 aromatic heterocycles. The predicted octanol–water partition coefficient (Wildman–Crippen LogP) is 5.49. The van der Waals surface area contributed by atoms with Crippen molar-refractivity contribution in [3.63, 3.8) is 0 Å². The molecule has 3 rings (SSSR count). The van der Waals surface area contributed by atoms with E-state index in [9.17, 15) is 0 Å². The first-order chi connectivity index (χ1) is 10.3. The molecule has 0 unspecified atom stereocenters. The molecule has 0 saturated heterocycles. The molecule has 3 heterocycles. The Morgan fingerprint density at radius 3 is 2.45 bits per heavy atom. The molecular weight excluding hydrogens is 314 g/mol. The summed E-state index contributed by atoms with van der Waals surface area (Å²) in [5.74, 6) is 1.17. The van der Waals surface area contributed by atoms with Gasteiger partial charge in [-0.3, -0.25) is 4.57 Å². The maximum Gasteiger partial charge on any atom is 0.150 e. The van der Waals surface area contributed by atoms with Crippen molar-refractivity contribution >= 4 is 34.0 Å². The fourth-order valence-corrected chi connectivity index (χ4v) is 4.31. The number of aryl methyl sites for hydroxylation is 3. The van der Waals surface area contributed by atoms with Gasteiger partial charge in [-0.15, -0.1) is 11.3 Å². The predicted molar refractivity (Wildman–Crippen MR) is 94.8 cm³/mol.